The van der Waals surface area contributed by atoms with Crippen LogP contribution in [0.4, 0.5) is 11.6 Å². The number of nitrogen functional groups attached to an aromatic ring is 1. The van der Waals surface area contributed by atoms with E-state index >= 15 is 0 Å². The lowest BCUT2D eigenvalue weighted by molar-refractivity contribution is 0.558. The van der Waals surface area contributed by atoms with Crippen LogP contribution in [0.15, 0.2) is 71.8 Å². The lowest BCUT2D eigenvalue weighted by atomic mass is 10.0. The third-order valence-corrected chi connectivity index (χ3v) is 5.18. The van der Waals surface area contributed by atoms with Gasteiger partial charge >= 0.3 is 0 Å². The molecule has 2 heterocycles. The number of hydrogen-bond donors (Lipinski definition) is 3. The van der Waals surface area contributed by atoms with Crippen LogP contribution in [0.5, 0.6) is 0 Å². The van der Waals surface area contributed by atoms with Crippen LogP contribution in [0.25, 0.3) is 10.8 Å². The van der Waals surface area contributed by atoms with Gasteiger partial charge in [-0.05, 0) is 31.4 Å². The lowest BCUT2D eigenvalue weighted by Gasteiger charge is -2.19. The number of fused-ring (bicyclic) bond motifs is 1. The van der Waals surface area contributed by atoms with Crippen molar-refractivity contribution in [3.63, 3.8) is 0 Å². The molecule has 4 aromatic rings. The first-order valence-electron chi connectivity index (χ1n) is 10.1. The van der Waals surface area contributed by atoms with Crippen LogP contribution in [0.3, 0.4) is 0 Å². The molecule has 0 unspecified atom stereocenters. The van der Waals surface area contributed by atoms with Gasteiger partial charge < -0.3 is 15.6 Å². The Morgan fingerprint density at radius 3 is 2.55 bits per heavy atom. The van der Waals surface area contributed by atoms with Crippen LogP contribution in [-0.2, 0) is 6.54 Å². The first-order chi connectivity index (χ1) is 15.0. The molecule has 2 aromatic carbocycles. The summed E-state index contributed by atoms with van der Waals surface area (Å²) in [6, 6.07) is 18.9. The van der Waals surface area contributed by atoms with E-state index in [2.05, 4.69) is 15.3 Å². The highest BCUT2D eigenvalue weighted by atomic mass is 16.1. The molecule has 2 aromatic heterocycles. The number of hydrogen-bond acceptors (Lipinski definition) is 6. The molecule has 0 saturated carbocycles. The molecule has 31 heavy (non-hydrogen) atoms. The summed E-state index contributed by atoms with van der Waals surface area (Å²) in [7, 11) is 0. The topological polar surface area (TPSA) is 110 Å². The highest BCUT2D eigenvalue weighted by Crippen LogP contribution is 2.23. The summed E-state index contributed by atoms with van der Waals surface area (Å²) in [5.41, 5.74) is 8.32. The van der Waals surface area contributed by atoms with E-state index in [0.717, 1.165) is 16.6 Å². The van der Waals surface area contributed by atoms with Crippen LogP contribution in [0.2, 0.25) is 0 Å². The average Bonchev–Trinajstić information content (AvgIpc) is 2.77. The van der Waals surface area contributed by atoms with Gasteiger partial charge in [-0.2, -0.15) is 0 Å². The highest BCUT2D eigenvalue weighted by molar-refractivity contribution is 6.16. The van der Waals surface area contributed by atoms with Crippen molar-refractivity contribution in [2.75, 3.05) is 11.1 Å². The van der Waals surface area contributed by atoms with E-state index in [1.54, 1.807) is 4.57 Å². The van der Waals surface area contributed by atoms with Crippen molar-refractivity contribution in [1.29, 1.82) is 5.41 Å². The fraction of sp³-hybridized carbons (Fsp3) is 0.167. The van der Waals surface area contributed by atoms with E-state index in [1.807, 2.05) is 74.5 Å². The van der Waals surface area contributed by atoms with E-state index in [9.17, 15) is 4.79 Å². The average molecular weight is 412 g/mol. The number of anilines is 2. The second-order valence-electron chi connectivity index (χ2n) is 7.57. The van der Waals surface area contributed by atoms with Crippen molar-refractivity contribution in [2.24, 2.45) is 0 Å². The highest BCUT2D eigenvalue weighted by Gasteiger charge is 2.17. The smallest absolute Gasteiger partial charge is 0.258 e. The van der Waals surface area contributed by atoms with Crippen molar-refractivity contribution in [1.82, 2.24) is 14.5 Å². The molecule has 7 nitrogen and oxygen atoms in total. The summed E-state index contributed by atoms with van der Waals surface area (Å²) in [6.45, 7) is 4.32. The molecular weight excluding hydrogens is 388 g/mol. The Hall–Kier alpha value is -4.00. The van der Waals surface area contributed by atoms with E-state index in [0.29, 0.717) is 23.3 Å². The molecule has 0 bridgehead atoms. The standard InChI is InChI=1S/C24H24N6O/c1-15(2)30-18(12-17-10-6-7-11-19(17)24(30)31)13-27-23-20(22(26)28-14-29-23)21(25)16-8-4-3-5-9-16/h3-12,14-15,25H,13H2,1-2H3,(H3,26,27,28,29). The largest absolute Gasteiger partial charge is 0.383 e. The molecule has 0 radical (unpaired) electrons. The van der Waals surface area contributed by atoms with Crippen LogP contribution >= 0.6 is 0 Å². The fourth-order valence-corrected chi connectivity index (χ4v) is 3.73. The van der Waals surface area contributed by atoms with Crippen LogP contribution in [0, 0.1) is 5.41 Å². The molecule has 156 valence electrons. The molecule has 0 spiro atoms. The molecular formula is C24H24N6O. The molecule has 0 fully saturated rings. The zero-order valence-electron chi connectivity index (χ0n) is 17.5. The molecule has 4 N–H and O–H groups in total. The number of nitrogens with zero attached hydrogens (tertiary/aromatic N) is 3. The number of aromatic nitrogens is 3. The molecule has 0 aliphatic carbocycles. The van der Waals surface area contributed by atoms with Gasteiger partial charge in [0.05, 0.1) is 17.8 Å². The first-order valence-corrected chi connectivity index (χ1v) is 10.1. The SMILES string of the molecule is CC(C)n1c(CNc2ncnc(N)c2C(=N)c2ccccc2)cc2ccccc2c1=O. The Morgan fingerprint density at radius 1 is 1.10 bits per heavy atom. The zero-order valence-corrected chi connectivity index (χ0v) is 17.5. The van der Waals surface area contributed by atoms with Crippen molar-refractivity contribution < 1.29 is 0 Å². The van der Waals surface area contributed by atoms with Crippen LogP contribution in [-0.4, -0.2) is 20.2 Å². The van der Waals surface area contributed by atoms with Gasteiger partial charge in [-0.25, -0.2) is 9.97 Å². The monoisotopic (exact) mass is 412 g/mol. The fourth-order valence-electron chi connectivity index (χ4n) is 3.73. The van der Waals surface area contributed by atoms with Crippen LogP contribution in [0.1, 0.15) is 36.7 Å². The molecule has 0 saturated heterocycles. The maximum Gasteiger partial charge on any atom is 0.258 e. The van der Waals surface area contributed by atoms with Crippen molar-refractivity contribution in [2.45, 2.75) is 26.4 Å². The molecule has 0 amide bonds. The number of nitrogens with one attached hydrogen (secondary N) is 2. The molecule has 4 rings (SSSR count). The summed E-state index contributed by atoms with van der Waals surface area (Å²) in [4.78, 5) is 21.5. The number of rotatable bonds is 6. The number of nitrogens with two attached hydrogens (primary N) is 1. The van der Waals surface area contributed by atoms with Gasteiger partial charge in [0, 0.05) is 22.7 Å². The minimum absolute atomic E-state index is 0.00791. The van der Waals surface area contributed by atoms with E-state index in [1.165, 1.54) is 6.33 Å². The molecule has 0 aliphatic rings. The maximum atomic E-state index is 13.1. The Morgan fingerprint density at radius 2 is 1.81 bits per heavy atom. The summed E-state index contributed by atoms with van der Waals surface area (Å²) in [5.74, 6) is 0.684. The zero-order chi connectivity index (χ0) is 22.0. The second kappa shape index (κ2) is 8.39. The Kier molecular flexibility index (Phi) is 5.49. The van der Waals surface area contributed by atoms with Crippen molar-refractivity contribution in [3.05, 3.63) is 94.2 Å². The van der Waals surface area contributed by atoms with Crippen molar-refractivity contribution in [3.8, 4) is 0 Å². The molecule has 0 aliphatic heterocycles. The van der Waals surface area contributed by atoms with Crippen LogP contribution < -0.4 is 16.6 Å². The Labute approximate surface area is 180 Å². The molecule has 0 atom stereocenters. The van der Waals surface area contributed by atoms with Gasteiger partial charge in [-0.1, -0.05) is 48.5 Å². The summed E-state index contributed by atoms with van der Waals surface area (Å²) < 4.78 is 1.78. The van der Waals surface area contributed by atoms with Crippen molar-refractivity contribution >= 4 is 28.1 Å². The predicted molar refractivity (Wildman–Crippen MR) is 125 cm³/mol. The lowest BCUT2D eigenvalue weighted by Crippen LogP contribution is -2.27. The number of pyridine rings is 1. The quantitative estimate of drug-likeness (QED) is 0.415. The Bertz CT molecular complexity index is 1310. The summed E-state index contributed by atoms with van der Waals surface area (Å²) >= 11 is 0. The molecule has 7 heteroatoms. The summed E-state index contributed by atoms with van der Waals surface area (Å²) in [6.07, 6.45) is 1.37. The first kappa shape index (κ1) is 20.3. The third-order valence-electron chi connectivity index (χ3n) is 5.18. The normalized spacial score (nSPS) is 11.1. The van der Waals surface area contributed by atoms with Gasteiger partial charge in [0.15, 0.2) is 0 Å². The van der Waals surface area contributed by atoms with Gasteiger partial charge in [0.2, 0.25) is 0 Å². The van der Waals surface area contributed by atoms with E-state index < -0.39 is 0 Å². The second-order valence-corrected chi connectivity index (χ2v) is 7.57. The third kappa shape index (κ3) is 3.90. The van der Waals surface area contributed by atoms with E-state index in [-0.39, 0.29) is 23.1 Å². The Balaban J connectivity index is 1.73. The minimum atomic E-state index is -0.0237. The minimum Gasteiger partial charge on any atom is -0.383 e. The van der Waals surface area contributed by atoms with Gasteiger partial charge in [0.25, 0.3) is 5.56 Å². The summed E-state index contributed by atoms with van der Waals surface area (Å²) in [5, 5.41) is 13.5. The van der Waals surface area contributed by atoms with Gasteiger partial charge in [-0.15, -0.1) is 0 Å². The number of benzene rings is 2. The van der Waals surface area contributed by atoms with Gasteiger partial charge in [0.1, 0.15) is 18.0 Å². The maximum absolute atomic E-state index is 13.1. The van der Waals surface area contributed by atoms with E-state index in [4.69, 9.17) is 11.1 Å². The van der Waals surface area contributed by atoms with Gasteiger partial charge in [-0.3, -0.25) is 10.2 Å². The predicted octanol–water partition coefficient (Wildman–Crippen LogP) is 3.98.